The first-order valence-electron chi connectivity index (χ1n) is 8.08. The van der Waals surface area contributed by atoms with Crippen LogP contribution >= 0.6 is 0 Å². The standard InChI is InChI=1S/C16H26N6O2/c1-6-14-19-13(20-24-14)10-21(5)15(23)18-12(16(2,3)4)9-22-8-7-17-11-22/h7-8,11-12H,6,9-10H2,1-5H3,(H,18,23)/t12-/m1/s1. The van der Waals surface area contributed by atoms with Crippen molar-refractivity contribution in [3.63, 3.8) is 0 Å². The number of nitrogens with zero attached hydrogens (tertiary/aromatic N) is 5. The van der Waals surface area contributed by atoms with Crippen molar-refractivity contribution in [2.24, 2.45) is 5.41 Å². The van der Waals surface area contributed by atoms with E-state index in [-0.39, 0.29) is 17.5 Å². The normalized spacial score (nSPS) is 12.9. The van der Waals surface area contributed by atoms with Gasteiger partial charge in [-0.15, -0.1) is 0 Å². The molecule has 24 heavy (non-hydrogen) atoms. The zero-order chi connectivity index (χ0) is 17.7. The van der Waals surface area contributed by atoms with Crippen LogP contribution in [0.2, 0.25) is 0 Å². The Morgan fingerprint density at radius 2 is 2.21 bits per heavy atom. The number of urea groups is 1. The second kappa shape index (κ2) is 7.46. The molecule has 2 aromatic heterocycles. The summed E-state index contributed by atoms with van der Waals surface area (Å²) in [6.45, 7) is 9.20. The summed E-state index contributed by atoms with van der Waals surface area (Å²) >= 11 is 0. The van der Waals surface area contributed by atoms with E-state index >= 15 is 0 Å². The van der Waals surface area contributed by atoms with E-state index in [1.807, 2.05) is 17.7 Å². The fourth-order valence-corrected chi connectivity index (χ4v) is 2.18. The van der Waals surface area contributed by atoms with E-state index in [0.717, 1.165) is 0 Å². The molecule has 1 atom stereocenters. The minimum Gasteiger partial charge on any atom is -0.339 e. The Morgan fingerprint density at radius 1 is 1.46 bits per heavy atom. The van der Waals surface area contributed by atoms with Crippen LogP contribution in [0.15, 0.2) is 23.2 Å². The maximum absolute atomic E-state index is 12.5. The minimum absolute atomic E-state index is 0.0434. The Bertz CT molecular complexity index is 644. The predicted molar refractivity (Wildman–Crippen MR) is 89.1 cm³/mol. The lowest BCUT2D eigenvalue weighted by atomic mass is 9.86. The number of rotatable bonds is 6. The zero-order valence-corrected chi connectivity index (χ0v) is 15.0. The molecule has 0 aliphatic heterocycles. The summed E-state index contributed by atoms with van der Waals surface area (Å²) < 4.78 is 7.03. The third kappa shape index (κ3) is 4.81. The molecular weight excluding hydrogens is 308 g/mol. The molecule has 2 rings (SSSR count). The van der Waals surface area contributed by atoms with Gasteiger partial charge in [0, 0.05) is 32.4 Å². The van der Waals surface area contributed by atoms with Gasteiger partial charge in [0.15, 0.2) is 5.82 Å². The molecule has 1 N–H and O–H groups in total. The monoisotopic (exact) mass is 334 g/mol. The smallest absolute Gasteiger partial charge is 0.317 e. The lowest BCUT2D eigenvalue weighted by Crippen LogP contribution is -2.50. The van der Waals surface area contributed by atoms with Crippen LogP contribution in [0, 0.1) is 5.41 Å². The maximum atomic E-state index is 12.5. The fourth-order valence-electron chi connectivity index (χ4n) is 2.18. The van der Waals surface area contributed by atoms with Crippen molar-refractivity contribution in [2.45, 2.75) is 53.2 Å². The first-order chi connectivity index (χ1) is 11.3. The van der Waals surface area contributed by atoms with Gasteiger partial charge in [0.05, 0.1) is 18.9 Å². The van der Waals surface area contributed by atoms with Crippen LogP contribution in [-0.4, -0.2) is 43.7 Å². The lowest BCUT2D eigenvalue weighted by molar-refractivity contribution is 0.180. The number of aromatic nitrogens is 4. The highest BCUT2D eigenvalue weighted by Gasteiger charge is 2.28. The Labute approximate surface area is 142 Å². The molecule has 0 bridgehead atoms. The van der Waals surface area contributed by atoms with Gasteiger partial charge in [-0.2, -0.15) is 4.98 Å². The number of hydrogen-bond acceptors (Lipinski definition) is 5. The molecule has 0 saturated carbocycles. The highest BCUT2D eigenvalue weighted by Crippen LogP contribution is 2.21. The molecule has 0 unspecified atom stereocenters. The van der Waals surface area contributed by atoms with E-state index in [2.05, 4.69) is 41.2 Å². The van der Waals surface area contributed by atoms with Crippen LogP contribution in [0.25, 0.3) is 0 Å². The number of aryl methyl sites for hydroxylation is 1. The Kier molecular flexibility index (Phi) is 5.58. The zero-order valence-electron chi connectivity index (χ0n) is 15.0. The van der Waals surface area contributed by atoms with Gasteiger partial charge in [-0.05, 0) is 5.41 Å². The van der Waals surface area contributed by atoms with Gasteiger partial charge in [0.2, 0.25) is 5.89 Å². The average molecular weight is 334 g/mol. The van der Waals surface area contributed by atoms with Crippen molar-refractivity contribution >= 4 is 6.03 Å². The van der Waals surface area contributed by atoms with Crippen molar-refractivity contribution in [1.82, 2.24) is 29.9 Å². The highest BCUT2D eigenvalue weighted by molar-refractivity contribution is 5.74. The summed E-state index contributed by atoms with van der Waals surface area (Å²) in [5, 5.41) is 6.97. The third-order valence-corrected chi connectivity index (χ3v) is 3.83. The van der Waals surface area contributed by atoms with Crippen LogP contribution < -0.4 is 5.32 Å². The first-order valence-corrected chi connectivity index (χ1v) is 8.08. The van der Waals surface area contributed by atoms with Crippen molar-refractivity contribution in [3.8, 4) is 0 Å². The van der Waals surface area contributed by atoms with Crippen LogP contribution in [0.1, 0.15) is 39.4 Å². The van der Waals surface area contributed by atoms with Crippen molar-refractivity contribution in [2.75, 3.05) is 7.05 Å². The van der Waals surface area contributed by atoms with Crippen LogP contribution in [0.3, 0.4) is 0 Å². The van der Waals surface area contributed by atoms with Gasteiger partial charge in [-0.25, -0.2) is 9.78 Å². The Balaban J connectivity index is 1.98. The molecule has 0 radical (unpaired) electrons. The molecule has 2 heterocycles. The Morgan fingerprint density at radius 3 is 2.75 bits per heavy atom. The minimum atomic E-state index is -0.169. The Hall–Kier alpha value is -2.38. The summed E-state index contributed by atoms with van der Waals surface area (Å²) in [6.07, 6.45) is 6.05. The largest absolute Gasteiger partial charge is 0.339 e. The molecule has 0 saturated heterocycles. The number of carbonyl (C=O) groups is 1. The molecule has 132 valence electrons. The lowest BCUT2D eigenvalue weighted by Gasteiger charge is -2.33. The van der Waals surface area contributed by atoms with Crippen molar-refractivity contribution < 1.29 is 9.32 Å². The first kappa shape index (κ1) is 18.0. The van der Waals surface area contributed by atoms with Crippen LogP contribution in [0.4, 0.5) is 4.79 Å². The summed E-state index contributed by atoms with van der Waals surface area (Å²) in [6, 6.07) is -0.212. The molecule has 0 aliphatic carbocycles. The van der Waals surface area contributed by atoms with Gasteiger partial charge >= 0.3 is 6.03 Å². The van der Waals surface area contributed by atoms with Crippen LogP contribution in [0.5, 0.6) is 0 Å². The molecule has 8 nitrogen and oxygen atoms in total. The second-order valence-corrected chi connectivity index (χ2v) is 6.94. The summed E-state index contributed by atoms with van der Waals surface area (Å²) in [4.78, 5) is 22.3. The summed E-state index contributed by atoms with van der Waals surface area (Å²) in [7, 11) is 1.72. The number of nitrogens with one attached hydrogen (secondary N) is 1. The van der Waals surface area contributed by atoms with E-state index in [0.29, 0.717) is 31.2 Å². The summed E-state index contributed by atoms with van der Waals surface area (Å²) in [5.41, 5.74) is -0.0949. The van der Waals surface area contributed by atoms with Gasteiger partial charge in [-0.3, -0.25) is 0 Å². The van der Waals surface area contributed by atoms with E-state index in [1.54, 1.807) is 24.5 Å². The average Bonchev–Trinajstić information content (AvgIpc) is 3.16. The molecule has 0 aromatic carbocycles. The van der Waals surface area contributed by atoms with Gasteiger partial charge in [0.1, 0.15) is 0 Å². The molecular formula is C16H26N6O2. The summed E-state index contributed by atoms with van der Waals surface area (Å²) in [5.74, 6) is 1.08. The third-order valence-electron chi connectivity index (χ3n) is 3.83. The molecule has 8 heteroatoms. The quantitative estimate of drug-likeness (QED) is 0.873. The molecule has 0 fully saturated rings. The molecule has 0 aliphatic rings. The van der Waals surface area contributed by atoms with Crippen molar-refractivity contribution in [1.29, 1.82) is 0 Å². The topological polar surface area (TPSA) is 89.1 Å². The maximum Gasteiger partial charge on any atom is 0.317 e. The van der Waals surface area contributed by atoms with Crippen LogP contribution in [-0.2, 0) is 19.5 Å². The van der Waals surface area contributed by atoms with E-state index in [4.69, 9.17) is 4.52 Å². The number of carbonyl (C=O) groups excluding carboxylic acids is 1. The van der Waals surface area contributed by atoms with Gasteiger partial charge in [-0.1, -0.05) is 32.9 Å². The highest BCUT2D eigenvalue weighted by atomic mass is 16.5. The molecule has 2 aromatic rings. The van der Waals surface area contributed by atoms with E-state index in [1.165, 1.54) is 0 Å². The van der Waals surface area contributed by atoms with E-state index in [9.17, 15) is 4.79 Å². The second-order valence-electron chi connectivity index (χ2n) is 6.94. The number of imidazole rings is 1. The predicted octanol–water partition coefficient (Wildman–Crippen LogP) is 2.08. The van der Waals surface area contributed by atoms with Gasteiger partial charge < -0.3 is 19.3 Å². The SMILES string of the molecule is CCc1nc(CN(C)C(=O)N[C@H](Cn2ccnc2)C(C)(C)C)no1. The van der Waals surface area contributed by atoms with Gasteiger partial charge in [0.25, 0.3) is 0 Å². The number of amides is 2. The van der Waals surface area contributed by atoms with E-state index < -0.39 is 0 Å². The number of hydrogen-bond donors (Lipinski definition) is 1. The van der Waals surface area contributed by atoms with Crippen molar-refractivity contribution in [3.05, 3.63) is 30.4 Å². The molecule has 2 amide bonds. The molecule has 0 spiro atoms. The fraction of sp³-hybridized carbons (Fsp3) is 0.625.